The van der Waals surface area contributed by atoms with Crippen LogP contribution in [-0.2, 0) is 27.7 Å². The molecule has 2 aliphatic heterocycles. The fourth-order valence-corrected chi connectivity index (χ4v) is 7.86. The van der Waals surface area contributed by atoms with Crippen LogP contribution in [0.15, 0.2) is 48.0 Å². The van der Waals surface area contributed by atoms with Crippen molar-refractivity contribution in [1.29, 1.82) is 0 Å². The van der Waals surface area contributed by atoms with Crippen molar-refractivity contribution in [2.75, 3.05) is 19.6 Å². The fourth-order valence-electron chi connectivity index (χ4n) is 7.26. The lowest BCUT2D eigenvalue weighted by atomic mass is 9.76. The summed E-state index contributed by atoms with van der Waals surface area (Å²) in [5, 5.41) is 11.0. The largest absolute Gasteiger partial charge is 0.481 e. The number of hydrogen-bond acceptors (Lipinski definition) is 6. The van der Waals surface area contributed by atoms with Crippen LogP contribution in [0.3, 0.4) is 0 Å². The Morgan fingerprint density at radius 3 is 2.47 bits per heavy atom. The highest BCUT2D eigenvalue weighted by atomic mass is 32.1. The lowest BCUT2D eigenvalue weighted by molar-refractivity contribution is -0.160. The second kappa shape index (κ2) is 15.8. The molecule has 4 heterocycles. The molecule has 0 saturated carbocycles. The van der Waals surface area contributed by atoms with E-state index in [2.05, 4.69) is 9.83 Å². The Morgan fingerprint density at radius 1 is 1.14 bits per heavy atom. The molecule has 2 amide bonds. The lowest BCUT2D eigenvalue weighted by Gasteiger charge is -2.50. The van der Waals surface area contributed by atoms with Crippen LogP contribution >= 0.6 is 11.3 Å². The van der Waals surface area contributed by atoms with E-state index in [-0.39, 0.29) is 72.0 Å². The number of benzene rings is 1. The normalized spacial score (nSPS) is 20.2. The third-order valence-electron chi connectivity index (χ3n) is 9.64. The molecule has 2 aliphatic rings. The molecular weight excluding hydrogens is 688 g/mol. The number of thiophene rings is 1. The van der Waals surface area contributed by atoms with Crippen LogP contribution in [0, 0.1) is 19.3 Å². The molecule has 5 rings (SSSR count). The number of aliphatic carboxylic acids is 1. The minimum Gasteiger partial charge on any atom is -0.481 e. The molecule has 1 aromatic carbocycles. The van der Waals surface area contributed by atoms with Crippen molar-refractivity contribution < 1.29 is 41.8 Å². The SMILES string of the molecule is C.[C-]#[N+]C1(c2cc(F)ccc2CCC(=O)O)CCN(C(=O)[C@]2(Oc3csc(C)c3)CCCN(C(=O)c3ncccc3C(F)(F)F)[C@@H]2CCC)CC1. The Kier molecular flexibility index (Phi) is 12.2. The molecule has 51 heavy (non-hydrogen) atoms. The molecule has 0 radical (unpaired) electrons. The maximum Gasteiger partial charge on any atom is 0.418 e. The average molecular weight is 731 g/mol. The molecule has 0 bridgehead atoms. The van der Waals surface area contributed by atoms with E-state index in [0.717, 1.165) is 23.2 Å². The van der Waals surface area contributed by atoms with Crippen LogP contribution < -0.4 is 4.74 Å². The number of pyridine rings is 1. The Bertz CT molecular complexity index is 1780. The number of aryl methyl sites for hydroxylation is 2. The third kappa shape index (κ3) is 8.03. The lowest BCUT2D eigenvalue weighted by Crippen LogP contribution is -2.68. The second-order valence-electron chi connectivity index (χ2n) is 12.8. The van der Waals surface area contributed by atoms with Gasteiger partial charge < -0.3 is 24.5 Å². The van der Waals surface area contributed by atoms with Gasteiger partial charge in [0.2, 0.25) is 5.60 Å². The van der Waals surface area contributed by atoms with E-state index in [4.69, 9.17) is 11.3 Å². The van der Waals surface area contributed by atoms with E-state index in [1.807, 2.05) is 13.8 Å². The standard InChI is InChI=1S/C36H38F4N4O5S.CH4/c1-4-7-29-35(49-26-20-23(2)50-22-26,13-6-17-44(29)32(47)31-27(36(38,39)40)8-5-16-42-31)33(48)43-18-14-34(41-3,15-19-43)28-21-25(37)11-9-24(28)10-12-30(45)46;/h5,8-9,11,16,20-22,29H,4,6-7,10,12-15,17-19H2,1-2H3,(H,45,46);1H4/t29-,35+;/m1./s1. The molecule has 14 heteroatoms. The molecule has 2 saturated heterocycles. The topological polar surface area (TPSA) is 104 Å². The van der Waals surface area contributed by atoms with Crippen LogP contribution in [0.5, 0.6) is 5.75 Å². The maximum absolute atomic E-state index is 14.9. The molecule has 3 aromatic rings. The highest BCUT2D eigenvalue weighted by Gasteiger charge is 2.57. The van der Waals surface area contributed by atoms with Crippen molar-refractivity contribution in [3.05, 3.63) is 92.5 Å². The highest BCUT2D eigenvalue weighted by molar-refractivity contribution is 7.10. The molecule has 2 atom stereocenters. The summed E-state index contributed by atoms with van der Waals surface area (Å²) in [5.41, 5.74) is -3.83. The number of carbonyl (C=O) groups is 3. The van der Waals surface area contributed by atoms with Crippen LogP contribution in [0.1, 0.15) is 91.4 Å². The number of amides is 2. The monoisotopic (exact) mass is 730 g/mol. The van der Waals surface area contributed by atoms with Crippen molar-refractivity contribution in [2.24, 2.45) is 0 Å². The van der Waals surface area contributed by atoms with Gasteiger partial charge in [-0.05, 0) is 62.1 Å². The maximum atomic E-state index is 14.9. The summed E-state index contributed by atoms with van der Waals surface area (Å²) < 4.78 is 63.2. The average Bonchev–Trinajstić information content (AvgIpc) is 3.51. The van der Waals surface area contributed by atoms with Gasteiger partial charge in [0.05, 0.1) is 11.6 Å². The highest BCUT2D eigenvalue weighted by Crippen LogP contribution is 2.44. The predicted molar refractivity (Wildman–Crippen MR) is 184 cm³/mol. The Morgan fingerprint density at radius 2 is 1.86 bits per heavy atom. The van der Waals surface area contributed by atoms with Crippen LogP contribution in [0.2, 0.25) is 0 Å². The first-order chi connectivity index (χ1) is 23.7. The molecule has 2 aromatic heterocycles. The summed E-state index contributed by atoms with van der Waals surface area (Å²) in [5.74, 6) is -2.57. The zero-order valence-corrected chi connectivity index (χ0v) is 28.6. The number of piperidine rings is 2. The van der Waals surface area contributed by atoms with Gasteiger partial charge in [0.1, 0.15) is 17.3 Å². The second-order valence-corrected chi connectivity index (χ2v) is 13.9. The number of carbonyl (C=O) groups excluding carboxylic acids is 2. The minimum absolute atomic E-state index is 0. The van der Waals surface area contributed by atoms with Crippen molar-refractivity contribution in [3.8, 4) is 5.75 Å². The number of likely N-dealkylation sites (tertiary alicyclic amines) is 2. The summed E-state index contributed by atoms with van der Waals surface area (Å²) in [4.78, 5) is 51.8. The number of carboxylic acid groups (broad SMARTS) is 1. The predicted octanol–water partition coefficient (Wildman–Crippen LogP) is 7.92. The van der Waals surface area contributed by atoms with Gasteiger partial charge in [0.15, 0.2) is 0 Å². The fraction of sp³-hybridized carbons (Fsp3) is 0.486. The quantitative estimate of drug-likeness (QED) is 0.168. The third-order valence-corrected chi connectivity index (χ3v) is 10.5. The van der Waals surface area contributed by atoms with Gasteiger partial charge >= 0.3 is 12.1 Å². The van der Waals surface area contributed by atoms with Gasteiger partial charge in [0, 0.05) is 67.3 Å². The molecule has 1 N–H and O–H groups in total. The molecule has 9 nitrogen and oxygen atoms in total. The summed E-state index contributed by atoms with van der Waals surface area (Å²) in [6.45, 7) is 12.1. The van der Waals surface area contributed by atoms with Gasteiger partial charge in [-0.3, -0.25) is 19.4 Å². The summed E-state index contributed by atoms with van der Waals surface area (Å²) in [6.07, 6.45) is -2.32. The summed E-state index contributed by atoms with van der Waals surface area (Å²) in [6, 6.07) is 6.76. The van der Waals surface area contributed by atoms with Gasteiger partial charge in [-0.15, -0.1) is 11.3 Å². The zero-order chi connectivity index (χ0) is 36.3. The molecule has 0 spiro atoms. The number of nitrogens with zero attached hydrogens (tertiary/aromatic N) is 4. The summed E-state index contributed by atoms with van der Waals surface area (Å²) >= 11 is 1.40. The molecular formula is C37H42F4N4O5S. The minimum atomic E-state index is -4.83. The number of carboxylic acids is 1. The number of rotatable bonds is 10. The van der Waals surface area contributed by atoms with Gasteiger partial charge in [-0.25, -0.2) is 11.0 Å². The van der Waals surface area contributed by atoms with Crippen LogP contribution in [-0.4, -0.2) is 69.0 Å². The van der Waals surface area contributed by atoms with E-state index in [1.54, 1.807) is 16.3 Å². The van der Waals surface area contributed by atoms with E-state index in [0.29, 0.717) is 23.3 Å². The molecule has 0 aliphatic carbocycles. The van der Waals surface area contributed by atoms with Crippen LogP contribution in [0.25, 0.3) is 4.85 Å². The van der Waals surface area contributed by atoms with E-state index < -0.39 is 58.2 Å². The number of aromatic nitrogens is 1. The molecule has 0 unspecified atom stereocenters. The molecule has 274 valence electrons. The van der Waals surface area contributed by atoms with E-state index >= 15 is 0 Å². The van der Waals surface area contributed by atoms with Gasteiger partial charge in [-0.1, -0.05) is 26.8 Å². The van der Waals surface area contributed by atoms with Crippen molar-refractivity contribution in [3.63, 3.8) is 0 Å². The zero-order valence-electron chi connectivity index (χ0n) is 27.8. The first-order valence-corrected chi connectivity index (χ1v) is 17.4. The molecule has 2 fully saturated rings. The Labute approximate surface area is 299 Å². The smallest absolute Gasteiger partial charge is 0.418 e. The first kappa shape index (κ1) is 39.3. The number of halogens is 4. The van der Waals surface area contributed by atoms with Crippen LogP contribution in [0.4, 0.5) is 17.6 Å². The number of hydrogen-bond donors (Lipinski definition) is 1. The summed E-state index contributed by atoms with van der Waals surface area (Å²) in [7, 11) is 0. The van der Waals surface area contributed by atoms with Gasteiger partial charge in [0.25, 0.3) is 17.4 Å². The van der Waals surface area contributed by atoms with Crippen molar-refractivity contribution in [2.45, 2.75) is 96.0 Å². The first-order valence-electron chi connectivity index (χ1n) is 16.5. The number of ether oxygens (including phenoxy) is 1. The van der Waals surface area contributed by atoms with E-state index in [9.17, 15) is 37.1 Å². The Hall–Kier alpha value is -4.51. The number of alkyl halides is 3. The van der Waals surface area contributed by atoms with Crippen molar-refractivity contribution >= 4 is 29.1 Å². The van der Waals surface area contributed by atoms with Gasteiger partial charge in [-0.2, -0.15) is 13.2 Å². The van der Waals surface area contributed by atoms with Crippen molar-refractivity contribution in [1.82, 2.24) is 14.8 Å². The van der Waals surface area contributed by atoms with E-state index in [1.165, 1.54) is 34.4 Å². The Balaban J connectivity index is 0.00000583.